The number of carbonyl (C=O) groups is 1. The number of pyridine rings is 1. The Labute approximate surface area is 80.7 Å². The van der Waals surface area contributed by atoms with Gasteiger partial charge in [-0.3, -0.25) is 4.84 Å². The molecule has 0 spiro atoms. The van der Waals surface area contributed by atoms with Crippen LogP contribution in [-0.4, -0.2) is 22.7 Å². The fourth-order valence-corrected chi connectivity index (χ4v) is 0.732. The summed E-state index contributed by atoms with van der Waals surface area (Å²) in [5.74, 6) is 1.65. The van der Waals surface area contributed by atoms with E-state index in [2.05, 4.69) is 16.4 Å². The number of nitrogens with zero attached hydrogens (tertiary/aromatic N) is 1. The number of aromatic nitrogens is 1. The van der Waals surface area contributed by atoms with Gasteiger partial charge in [-0.1, -0.05) is 5.92 Å². The van der Waals surface area contributed by atoms with Crippen molar-refractivity contribution in [2.45, 2.75) is 0 Å². The van der Waals surface area contributed by atoms with Crippen LogP contribution >= 0.6 is 0 Å². The highest BCUT2D eigenvalue weighted by Gasteiger charge is 2.01. The summed E-state index contributed by atoms with van der Waals surface area (Å²) in [5.41, 5.74) is 2.58. The average Bonchev–Trinajstić information content (AvgIpc) is 2.19. The van der Waals surface area contributed by atoms with Crippen molar-refractivity contribution in [3.05, 3.63) is 23.9 Å². The van der Waals surface area contributed by atoms with E-state index in [0.717, 1.165) is 0 Å². The van der Waals surface area contributed by atoms with Crippen molar-refractivity contribution < 1.29 is 14.7 Å². The molecule has 0 amide bonds. The summed E-state index contributed by atoms with van der Waals surface area (Å²) in [6.45, 7) is 0.113. The largest absolute Gasteiger partial charge is 0.478 e. The van der Waals surface area contributed by atoms with Gasteiger partial charge >= 0.3 is 5.97 Å². The van der Waals surface area contributed by atoms with E-state index in [9.17, 15) is 4.79 Å². The molecular formula is C9H8N2O3. The molecule has 1 aromatic rings. The van der Waals surface area contributed by atoms with Gasteiger partial charge in [0.25, 0.3) is 0 Å². The highest BCUT2D eigenvalue weighted by molar-refractivity contribution is 5.87. The van der Waals surface area contributed by atoms with Gasteiger partial charge < -0.3 is 5.11 Å². The van der Waals surface area contributed by atoms with E-state index in [0.29, 0.717) is 5.82 Å². The molecule has 0 aromatic carbocycles. The minimum absolute atomic E-state index is 0.113. The van der Waals surface area contributed by atoms with Crippen molar-refractivity contribution in [2.75, 3.05) is 12.1 Å². The van der Waals surface area contributed by atoms with Crippen molar-refractivity contribution >= 4 is 11.8 Å². The van der Waals surface area contributed by atoms with Crippen LogP contribution in [0.25, 0.3) is 0 Å². The van der Waals surface area contributed by atoms with Crippen LogP contribution in [0.4, 0.5) is 5.82 Å². The molecular weight excluding hydrogens is 184 g/mol. The first-order valence-corrected chi connectivity index (χ1v) is 3.74. The van der Waals surface area contributed by atoms with E-state index in [1.807, 2.05) is 0 Å². The first-order valence-electron chi connectivity index (χ1n) is 3.74. The summed E-state index contributed by atoms with van der Waals surface area (Å²) in [4.78, 5) is 19.0. The monoisotopic (exact) mass is 192 g/mol. The number of hydrogen-bond donors (Lipinski definition) is 2. The molecule has 0 aliphatic carbocycles. The third-order valence-electron chi connectivity index (χ3n) is 1.34. The lowest BCUT2D eigenvalue weighted by Crippen LogP contribution is -2.04. The highest BCUT2D eigenvalue weighted by Crippen LogP contribution is 2.04. The summed E-state index contributed by atoms with van der Waals surface area (Å²) in [6.07, 6.45) is 6.17. The molecule has 0 saturated carbocycles. The molecule has 0 unspecified atom stereocenters. The van der Waals surface area contributed by atoms with Gasteiger partial charge in [-0.05, 0) is 12.1 Å². The Hall–Kier alpha value is -2.06. The molecule has 0 fully saturated rings. The Bertz CT molecular complexity index is 353. The van der Waals surface area contributed by atoms with Gasteiger partial charge in [0, 0.05) is 6.20 Å². The topological polar surface area (TPSA) is 71.5 Å². The van der Waals surface area contributed by atoms with Crippen molar-refractivity contribution in [3.63, 3.8) is 0 Å². The van der Waals surface area contributed by atoms with Gasteiger partial charge in [0.05, 0.1) is 5.56 Å². The van der Waals surface area contributed by atoms with E-state index in [4.69, 9.17) is 16.4 Å². The maximum atomic E-state index is 10.5. The fraction of sp³-hybridized carbons (Fsp3) is 0.111. The van der Waals surface area contributed by atoms with Gasteiger partial charge in [0.15, 0.2) is 0 Å². The van der Waals surface area contributed by atoms with Crippen molar-refractivity contribution in [3.8, 4) is 12.3 Å². The van der Waals surface area contributed by atoms with E-state index >= 15 is 0 Å². The van der Waals surface area contributed by atoms with Crippen LogP contribution in [-0.2, 0) is 4.84 Å². The summed E-state index contributed by atoms with van der Waals surface area (Å²) >= 11 is 0. The molecule has 0 radical (unpaired) electrons. The highest BCUT2D eigenvalue weighted by atomic mass is 16.6. The second-order valence-corrected chi connectivity index (χ2v) is 2.33. The smallest absolute Gasteiger partial charge is 0.337 e. The summed E-state index contributed by atoms with van der Waals surface area (Å²) in [5, 5.41) is 8.57. The third-order valence-corrected chi connectivity index (χ3v) is 1.34. The molecule has 0 bridgehead atoms. The molecule has 0 atom stereocenters. The zero-order chi connectivity index (χ0) is 10.4. The minimum atomic E-state index is -1.02. The van der Waals surface area contributed by atoms with Gasteiger partial charge in [0.2, 0.25) is 0 Å². The first kappa shape index (κ1) is 10.0. The third kappa shape index (κ3) is 2.77. The van der Waals surface area contributed by atoms with Crippen LogP contribution in [0.1, 0.15) is 10.4 Å². The predicted molar refractivity (Wildman–Crippen MR) is 49.6 cm³/mol. The summed E-state index contributed by atoms with van der Waals surface area (Å²) in [7, 11) is 0. The van der Waals surface area contributed by atoms with Gasteiger partial charge in [-0.2, -0.15) is 0 Å². The molecule has 1 aromatic heterocycles. The van der Waals surface area contributed by atoms with Crippen LogP contribution in [0.5, 0.6) is 0 Å². The van der Waals surface area contributed by atoms with Crippen LogP contribution in [0.2, 0.25) is 0 Å². The molecule has 0 aliphatic heterocycles. The number of anilines is 1. The Morgan fingerprint density at radius 2 is 2.50 bits per heavy atom. The molecule has 0 saturated heterocycles. The number of nitrogens with one attached hydrogen (secondary N) is 1. The number of carboxylic acid groups (broad SMARTS) is 1. The zero-order valence-corrected chi connectivity index (χ0v) is 7.23. The number of rotatable bonds is 4. The Balaban J connectivity index is 2.56. The molecule has 2 N–H and O–H groups in total. The number of carboxylic acids is 1. The van der Waals surface area contributed by atoms with Crippen molar-refractivity contribution in [1.82, 2.24) is 4.98 Å². The second-order valence-electron chi connectivity index (χ2n) is 2.33. The molecule has 0 aliphatic rings. The lowest BCUT2D eigenvalue weighted by atomic mass is 10.3. The Morgan fingerprint density at radius 3 is 3.00 bits per heavy atom. The summed E-state index contributed by atoms with van der Waals surface area (Å²) < 4.78 is 0. The zero-order valence-electron chi connectivity index (χ0n) is 7.23. The molecule has 72 valence electrons. The minimum Gasteiger partial charge on any atom is -0.478 e. The maximum Gasteiger partial charge on any atom is 0.337 e. The SMILES string of the molecule is C#CCONc1ccc(C(=O)O)cn1. The van der Waals surface area contributed by atoms with Gasteiger partial charge in [-0.15, -0.1) is 6.42 Å². The number of hydrogen-bond acceptors (Lipinski definition) is 4. The molecule has 5 nitrogen and oxygen atoms in total. The quantitative estimate of drug-likeness (QED) is 0.418. The van der Waals surface area contributed by atoms with E-state index in [-0.39, 0.29) is 12.2 Å². The van der Waals surface area contributed by atoms with Crippen LogP contribution in [0, 0.1) is 12.3 Å². The van der Waals surface area contributed by atoms with Crippen molar-refractivity contribution in [2.24, 2.45) is 0 Å². The van der Waals surface area contributed by atoms with Crippen LogP contribution in [0.3, 0.4) is 0 Å². The Morgan fingerprint density at radius 1 is 1.71 bits per heavy atom. The van der Waals surface area contributed by atoms with Gasteiger partial charge in [0.1, 0.15) is 12.4 Å². The summed E-state index contributed by atoms with van der Waals surface area (Å²) in [6, 6.07) is 2.90. The van der Waals surface area contributed by atoms with E-state index < -0.39 is 5.97 Å². The van der Waals surface area contributed by atoms with Crippen LogP contribution < -0.4 is 5.48 Å². The molecule has 1 rings (SSSR count). The second kappa shape index (κ2) is 4.84. The van der Waals surface area contributed by atoms with Gasteiger partial charge in [-0.25, -0.2) is 15.3 Å². The van der Waals surface area contributed by atoms with E-state index in [1.165, 1.54) is 18.3 Å². The standard InChI is InChI=1S/C9H8N2O3/c1-2-5-14-11-8-4-3-7(6-10-8)9(12)13/h1,3-4,6H,5H2,(H,10,11)(H,12,13). The molecule has 5 heteroatoms. The van der Waals surface area contributed by atoms with Crippen molar-refractivity contribution in [1.29, 1.82) is 0 Å². The Kier molecular flexibility index (Phi) is 3.47. The normalized spacial score (nSPS) is 9.07. The number of terminal acetylenes is 1. The lowest BCUT2D eigenvalue weighted by Gasteiger charge is -2.02. The lowest BCUT2D eigenvalue weighted by molar-refractivity contribution is 0.0696. The van der Waals surface area contributed by atoms with Crippen LogP contribution in [0.15, 0.2) is 18.3 Å². The first-order chi connectivity index (χ1) is 6.74. The predicted octanol–water partition coefficient (Wildman–Crippen LogP) is 0.756. The fourth-order valence-electron chi connectivity index (χ4n) is 0.732. The van der Waals surface area contributed by atoms with E-state index in [1.54, 1.807) is 0 Å². The maximum absolute atomic E-state index is 10.5. The molecule has 1 heterocycles. The number of aromatic carboxylic acids is 1. The molecule has 14 heavy (non-hydrogen) atoms. The average molecular weight is 192 g/mol.